The molecule has 2 aromatic rings. The molecule has 0 saturated carbocycles. The van der Waals surface area contributed by atoms with Gasteiger partial charge in [0.25, 0.3) is 5.91 Å². The van der Waals surface area contributed by atoms with Crippen LogP contribution in [0.1, 0.15) is 17.0 Å². The summed E-state index contributed by atoms with van der Waals surface area (Å²) in [6.45, 7) is 3.99. The van der Waals surface area contributed by atoms with Crippen molar-refractivity contribution in [3.05, 3.63) is 57.5 Å². The van der Waals surface area contributed by atoms with Gasteiger partial charge in [-0.25, -0.2) is 4.79 Å². The number of carbonyl (C=O) groups is 2. The number of aryl methyl sites for hydroxylation is 1. The van der Waals surface area contributed by atoms with Gasteiger partial charge < -0.3 is 9.88 Å². The molecular weight excluding hydrogens is 346 g/mol. The van der Waals surface area contributed by atoms with Crippen LogP contribution in [-0.4, -0.2) is 16.5 Å². The average molecular weight is 360 g/mol. The Bertz CT molecular complexity index is 804. The molecule has 0 radical (unpaired) electrons. The van der Waals surface area contributed by atoms with E-state index in [9.17, 15) is 9.59 Å². The molecular formula is C16H14BrN3O2. The molecule has 5 nitrogen and oxygen atoms in total. The zero-order valence-electron chi connectivity index (χ0n) is 12.1. The van der Waals surface area contributed by atoms with Gasteiger partial charge in [0.05, 0.1) is 0 Å². The van der Waals surface area contributed by atoms with Crippen LogP contribution < -0.4 is 10.6 Å². The minimum atomic E-state index is -0.488. The molecule has 1 aliphatic heterocycles. The van der Waals surface area contributed by atoms with E-state index in [2.05, 4.69) is 31.1 Å². The number of benzene rings is 1. The fraction of sp³-hybridized carbons (Fsp3) is 0.125. The van der Waals surface area contributed by atoms with Crippen molar-refractivity contribution in [2.45, 2.75) is 13.8 Å². The molecule has 1 aliphatic rings. The van der Waals surface area contributed by atoms with E-state index in [0.717, 1.165) is 27.1 Å². The topological polar surface area (TPSA) is 63.1 Å². The molecule has 1 aromatic carbocycles. The van der Waals surface area contributed by atoms with Crippen molar-refractivity contribution in [1.29, 1.82) is 0 Å². The van der Waals surface area contributed by atoms with Gasteiger partial charge in [-0.15, -0.1) is 0 Å². The number of aromatic nitrogens is 1. The molecule has 3 amide bonds. The molecule has 0 unspecified atom stereocenters. The van der Waals surface area contributed by atoms with E-state index in [1.807, 2.05) is 44.2 Å². The largest absolute Gasteiger partial charge is 0.326 e. The monoisotopic (exact) mass is 359 g/mol. The number of nitrogens with zero attached hydrogens (tertiary/aromatic N) is 1. The van der Waals surface area contributed by atoms with Crippen molar-refractivity contribution >= 4 is 33.9 Å². The smallest absolute Gasteiger partial charge is 0.318 e. The molecule has 0 atom stereocenters. The number of hydrogen-bond donors (Lipinski definition) is 2. The van der Waals surface area contributed by atoms with E-state index in [4.69, 9.17) is 0 Å². The highest BCUT2D eigenvalue weighted by Crippen LogP contribution is 2.24. The Morgan fingerprint density at radius 1 is 1.09 bits per heavy atom. The maximum atomic E-state index is 11.6. The molecule has 0 bridgehead atoms. The lowest BCUT2D eigenvalue weighted by molar-refractivity contribution is -0.115. The summed E-state index contributed by atoms with van der Waals surface area (Å²) in [6.07, 6.45) is 1.69. The van der Waals surface area contributed by atoms with Crippen molar-refractivity contribution in [2.24, 2.45) is 0 Å². The highest BCUT2D eigenvalue weighted by molar-refractivity contribution is 9.10. The number of hydrogen-bond acceptors (Lipinski definition) is 2. The number of amides is 3. The van der Waals surface area contributed by atoms with Crippen molar-refractivity contribution in [3.63, 3.8) is 0 Å². The fourth-order valence-electron chi connectivity index (χ4n) is 2.56. The van der Waals surface area contributed by atoms with Crippen LogP contribution in [0.15, 0.2) is 40.5 Å². The first kappa shape index (κ1) is 14.6. The van der Waals surface area contributed by atoms with E-state index in [-0.39, 0.29) is 5.70 Å². The normalized spacial score (nSPS) is 16.0. The number of nitrogens with one attached hydrogen (secondary N) is 2. The summed E-state index contributed by atoms with van der Waals surface area (Å²) in [4.78, 5) is 22.8. The van der Waals surface area contributed by atoms with Crippen molar-refractivity contribution in [1.82, 2.24) is 15.2 Å². The van der Waals surface area contributed by atoms with Crippen molar-refractivity contribution < 1.29 is 9.59 Å². The minimum absolute atomic E-state index is 0.265. The molecule has 3 rings (SSSR count). The Morgan fingerprint density at radius 2 is 1.77 bits per heavy atom. The zero-order chi connectivity index (χ0) is 15.9. The van der Waals surface area contributed by atoms with E-state index < -0.39 is 11.9 Å². The molecule has 1 fully saturated rings. The van der Waals surface area contributed by atoms with Gasteiger partial charge >= 0.3 is 6.03 Å². The second-order valence-corrected chi connectivity index (χ2v) is 6.02. The summed E-state index contributed by atoms with van der Waals surface area (Å²) < 4.78 is 3.12. The van der Waals surface area contributed by atoms with Crippen LogP contribution in [0.4, 0.5) is 4.79 Å². The standard InChI is InChI=1S/C16H14BrN3O2/c1-9-7-11(8-14-15(21)19-16(22)18-14)10(2)20(9)13-5-3-12(17)4-6-13/h3-8H,1-2H3,(H2,18,19,21,22)/b14-8-. The molecule has 0 spiro atoms. The van der Waals surface area contributed by atoms with Gasteiger partial charge in [-0.3, -0.25) is 10.1 Å². The number of halogens is 1. The van der Waals surface area contributed by atoms with Crippen LogP contribution in [-0.2, 0) is 4.79 Å². The van der Waals surface area contributed by atoms with E-state index in [1.54, 1.807) is 6.08 Å². The molecule has 6 heteroatoms. The molecule has 0 aliphatic carbocycles. The number of rotatable bonds is 2. The fourth-order valence-corrected chi connectivity index (χ4v) is 2.82. The second-order valence-electron chi connectivity index (χ2n) is 5.10. The van der Waals surface area contributed by atoms with Gasteiger partial charge in [0.15, 0.2) is 0 Å². The van der Waals surface area contributed by atoms with E-state index >= 15 is 0 Å². The maximum absolute atomic E-state index is 11.6. The first-order valence-electron chi connectivity index (χ1n) is 6.74. The maximum Gasteiger partial charge on any atom is 0.326 e. The van der Waals surface area contributed by atoms with E-state index in [1.165, 1.54) is 0 Å². The first-order valence-corrected chi connectivity index (χ1v) is 7.54. The third-order valence-electron chi connectivity index (χ3n) is 3.57. The average Bonchev–Trinajstić information content (AvgIpc) is 2.92. The lowest BCUT2D eigenvalue weighted by Crippen LogP contribution is -2.22. The SMILES string of the molecule is Cc1cc(/C=C2\NC(=O)NC2=O)c(C)n1-c1ccc(Br)cc1. The molecule has 1 saturated heterocycles. The van der Waals surface area contributed by atoms with Gasteiger partial charge in [0.2, 0.25) is 0 Å². The predicted molar refractivity (Wildman–Crippen MR) is 87.6 cm³/mol. The molecule has 2 heterocycles. The summed E-state index contributed by atoms with van der Waals surface area (Å²) in [5.41, 5.74) is 4.26. The van der Waals surface area contributed by atoms with Crippen molar-refractivity contribution in [3.8, 4) is 5.69 Å². The summed E-state index contributed by atoms with van der Waals surface area (Å²) >= 11 is 3.43. The number of imide groups is 1. The van der Waals surface area contributed by atoms with Gasteiger partial charge in [-0.05, 0) is 55.8 Å². The highest BCUT2D eigenvalue weighted by atomic mass is 79.9. The van der Waals surface area contributed by atoms with Gasteiger partial charge in [-0.2, -0.15) is 0 Å². The van der Waals surface area contributed by atoms with Crippen molar-refractivity contribution in [2.75, 3.05) is 0 Å². The molecule has 2 N–H and O–H groups in total. The van der Waals surface area contributed by atoms with Gasteiger partial charge in [0.1, 0.15) is 5.70 Å². The Kier molecular flexibility index (Phi) is 3.62. The molecule has 112 valence electrons. The van der Waals surface area contributed by atoms with Crippen LogP contribution in [0.2, 0.25) is 0 Å². The summed E-state index contributed by atoms with van der Waals surface area (Å²) in [6, 6.07) is 9.50. The van der Waals surface area contributed by atoms with Crippen LogP contribution in [0.5, 0.6) is 0 Å². The summed E-state index contributed by atoms with van der Waals surface area (Å²) in [5, 5.41) is 4.70. The Hall–Kier alpha value is -2.34. The Morgan fingerprint density at radius 3 is 2.36 bits per heavy atom. The highest BCUT2D eigenvalue weighted by Gasteiger charge is 2.23. The molecule has 1 aromatic heterocycles. The lowest BCUT2D eigenvalue weighted by atomic mass is 10.2. The zero-order valence-corrected chi connectivity index (χ0v) is 13.7. The second kappa shape index (κ2) is 5.46. The van der Waals surface area contributed by atoms with Gasteiger partial charge in [-0.1, -0.05) is 15.9 Å². The minimum Gasteiger partial charge on any atom is -0.318 e. The summed E-state index contributed by atoms with van der Waals surface area (Å²) in [5.74, 6) is -0.404. The Balaban J connectivity index is 2.04. The summed E-state index contributed by atoms with van der Waals surface area (Å²) in [7, 11) is 0. The quantitative estimate of drug-likeness (QED) is 0.639. The first-order chi connectivity index (χ1) is 10.5. The van der Waals surface area contributed by atoms with Crippen LogP contribution in [0.3, 0.4) is 0 Å². The lowest BCUT2D eigenvalue weighted by Gasteiger charge is -2.09. The third-order valence-corrected chi connectivity index (χ3v) is 4.10. The number of carbonyl (C=O) groups excluding carboxylic acids is 2. The van der Waals surface area contributed by atoms with E-state index in [0.29, 0.717) is 0 Å². The Labute approximate surface area is 136 Å². The van der Waals surface area contributed by atoms with Crippen LogP contribution in [0, 0.1) is 13.8 Å². The van der Waals surface area contributed by atoms with Crippen LogP contribution >= 0.6 is 15.9 Å². The number of urea groups is 1. The predicted octanol–water partition coefficient (Wildman–Crippen LogP) is 3.04. The van der Waals surface area contributed by atoms with Crippen LogP contribution in [0.25, 0.3) is 11.8 Å². The van der Waals surface area contributed by atoms with Gasteiger partial charge in [0, 0.05) is 21.5 Å². The molecule has 22 heavy (non-hydrogen) atoms. The third kappa shape index (κ3) is 2.57.